The van der Waals surface area contributed by atoms with Crippen LogP contribution in [0.5, 0.6) is 5.75 Å². The van der Waals surface area contributed by atoms with E-state index in [1.165, 1.54) is 12.3 Å². The van der Waals surface area contributed by atoms with Gasteiger partial charge in [0.1, 0.15) is 23.5 Å². The Hall–Kier alpha value is -2.56. The summed E-state index contributed by atoms with van der Waals surface area (Å²) in [6, 6.07) is 6.35. The molecule has 5 heteroatoms. The lowest BCUT2D eigenvalue weighted by Crippen LogP contribution is -2.17. The highest BCUT2D eigenvalue weighted by atomic mass is 16.5. The van der Waals surface area contributed by atoms with Crippen LogP contribution in [0.4, 0.5) is 0 Å². The van der Waals surface area contributed by atoms with E-state index in [0.29, 0.717) is 22.3 Å². The van der Waals surface area contributed by atoms with E-state index in [4.69, 9.17) is 13.6 Å². The third-order valence-electron chi connectivity index (χ3n) is 3.31. The third kappa shape index (κ3) is 2.42. The Morgan fingerprint density at radius 3 is 2.71 bits per heavy atom. The highest BCUT2D eigenvalue weighted by Crippen LogP contribution is 2.35. The molecule has 0 radical (unpaired) electrons. The van der Waals surface area contributed by atoms with Gasteiger partial charge in [0.15, 0.2) is 5.78 Å². The number of hydrogen-bond donors (Lipinski definition) is 0. The summed E-state index contributed by atoms with van der Waals surface area (Å²) in [6.45, 7) is 3.61. The van der Waals surface area contributed by atoms with Crippen LogP contribution in [-0.4, -0.2) is 12.4 Å². The van der Waals surface area contributed by atoms with Crippen molar-refractivity contribution in [1.29, 1.82) is 0 Å². The zero-order valence-corrected chi connectivity index (χ0v) is 11.7. The molecule has 0 bridgehead atoms. The van der Waals surface area contributed by atoms with Gasteiger partial charge in [0.25, 0.3) is 0 Å². The number of ether oxygens (including phenoxy) is 1. The molecule has 108 valence electrons. The Morgan fingerprint density at radius 1 is 1.19 bits per heavy atom. The molecule has 21 heavy (non-hydrogen) atoms. The summed E-state index contributed by atoms with van der Waals surface area (Å²) in [7, 11) is 0. The van der Waals surface area contributed by atoms with Gasteiger partial charge in [-0.25, -0.2) is 4.79 Å². The fourth-order valence-electron chi connectivity index (χ4n) is 2.08. The van der Waals surface area contributed by atoms with Crippen LogP contribution in [-0.2, 0) is 4.79 Å². The third-order valence-corrected chi connectivity index (χ3v) is 3.31. The molecular formula is C16H14O5. The molecule has 0 amide bonds. The van der Waals surface area contributed by atoms with Gasteiger partial charge in [-0.05, 0) is 12.1 Å². The molecule has 0 aliphatic rings. The molecule has 2 heterocycles. The second kappa shape index (κ2) is 5.09. The SMILES string of the molecule is CC(C)C(=O)COc1c2ccoc2cc2oc(=O)ccc12. The van der Waals surface area contributed by atoms with E-state index in [9.17, 15) is 9.59 Å². The van der Waals surface area contributed by atoms with Gasteiger partial charge in [0.2, 0.25) is 0 Å². The average Bonchev–Trinajstić information content (AvgIpc) is 2.90. The fraction of sp³-hybridized carbons (Fsp3) is 0.250. The molecule has 1 aromatic carbocycles. The van der Waals surface area contributed by atoms with Gasteiger partial charge in [-0.2, -0.15) is 0 Å². The summed E-state index contributed by atoms with van der Waals surface area (Å²) < 4.78 is 16.2. The highest BCUT2D eigenvalue weighted by Gasteiger charge is 2.15. The minimum atomic E-state index is -0.447. The molecule has 0 atom stereocenters. The smallest absolute Gasteiger partial charge is 0.336 e. The number of hydrogen-bond acceptors (Lipinski definition) is 5. The topological polar surface area (TPSA) is 69.7 Å². The second-order valence-corrected chi connectivity index (χ2v) is 5.11. The summed E-state index contributed by atoms with van der Waals surface area (Å²) in [6.07, 6.45) is 1.53. The monoisotopic (exact) mass is 286 g/mol. The fourth-order valence-corrected chi connectivity index (χ4v) is 2.08. The summed E-state index contributed by atoms with van der Waals surface area (Å²) in [5, 5.41) is 1.38. The minimum Gasteiger partial charge on any atom is -0.484 e. The molecule has 2 aromatic heterocycles. The van der Waals surface area contributed by atoms with Gasteiger partial charge >= 0.3 is 5.63 Å². The zero-order chi connectivity index (χ0) is 15.0. The van der Waals surface area contributed by atoms with Crippen LogP contribution >= 0.6 is 0 Å². The van der Waals surface area contributed by atoms with Crippen molar-refractivity contribution in [3.8, 4) is 5.75 Å². The molecule has 0 unspecified atom stereocenters. The molecule has 0 aliphatic heterocycles. The minimum absolute atomic E-state index is 0.000955. The van der Waals surface area contributed by atoms with Crippen molar-refractivity contribution < 1.29 is 18.4 Å². The molecule has 0 aliphatic carbocycles. The lowest BCUT2D eigenvalue weighted by Gasteiger charge is -2.10. The molecule has 0 saturated carbocycles. The van der Waals surface area contributed by atoms with Crippen LogP contribution in [0.3, 0.4) is 0 Å². The number of ketones is 1. The van der Waals surface area contributed by atoms with Gasteiger partial charge in [0, 0.05) is 18.1 Å². The van der Waals surface area contributed by atoms with Gasteiger partial charge in [-0.15, -0.1) is 0 Å². The lowest BCUT2D eigenvalue weighted by molar-refractivity contribution is -0.123. The first kappa shape index (κ1) is 13.4. The molecule has 3 rings (SSSR count). The van der Waals surface area contributed by atoms with E-state index in [0.717, 1.165) is 5.39 Å². The Bertz CT molecular complexity index is 869. The molecule has 0 N–H and O–H groups in total. The van der Waals surface area contributed by atoms with Gasteiger partial charge in [0.05, 0.1) is 17.0 Å². The van der Waals surface area contributed by atoms with Crippen molar-refractivity contribution in [2.24, 2.45) is 5.92 Å². The standard InChI is InChI=1S/C16H14O5/c1-9(2)12(17)8-20-16-10-3-4-15(18)21-14(10)7-13-11(16)5-6-19-13/h3-7,9H,8H2,1-2H3. The predicted molar refractivity (Wildman–Crippen MR) is 77.6 cm³/mol. The number of benzene rings is 1. The number of Topliss-reactive ketones (excluding diaryl/α,β-unsaturated/α-hetero) is 1. The van der Waals surface area contributed by atoms with Gasteiger partial charge in [-0.3, -0.25) is 4.79 Å². The lowest BCUT2D eigenvalue weighted by atomic mass is 10.1. The maximum Gasteiger partial charge on any atom is 0.336 e. The first-order valence-electron chi connectivity index (χ1n) is 6.66. The molecule has 0 spiro atoms. The van der Waals surface area contributed by atoms with Crippen LogP contribution in [0.2, 0.25) is 0 Å². The summed E-state index contributed by atoms with van der Waals surface area (Å²) in [4.78, 5) is 23.1. The van der Waals surface area contributed by atoms with Gasteiger partial charge in [-0.1, -0.05) is 13.8 Å². The highest BCUT2D eigenvalue weighted by molar-refractivity contribution is 6.01. The van der Waals surface area contributed by atoms with Crippen molar-refractivity contribution in [3.05, 3.63) is 40.9 Å². The first-order chi connectivity index (χ1) is 10.1. The van der Waals surface area contributed by atoms with Crippen LogP contribution in [0.1, 0.15) is 13.8 Å². The molecule has 3 aromatic rings. The van der Waals surface area contributed by atoms with E-state index in [-0.39, 0.29) is 18.3 Å². The number of furan rings is 1. The number of carbonyl (C=O) groups is 1. The van der Waals surface area contributed by atoms with Crippen molar-refractivity contribution in [2.75, 3.05) is 6.61 Å². The first-order valence-corrected chi connectivity index (χ1v) is 6.66. The summed E-state index contributed by atoms with van der Waals surface area (Å²) in [5.74, 6) is 0.396. The Labute approximate surface area is 120 Å². The summed E-state index contributed by atoms with van der Waals surface area (Å²) in [5.41, 5.74) is 0.471. The molecule has 0 fully saturated rings. The van der Waals surface area contributed by atoms with Crippen LogP contribution in [0.15, 0.2) is 44.2 Å². The second-order valence-electron chi connectivity index (χ2n) is 5.11. The molecule has 5 nitrogen and oxygen atoms in total. The van der Waals surface area contributed by atoms with Crippen molar-refractivity contribution >= 4 is 27.7 Å². The van der Waals surface area contributed by atoms with Crippen molar-refractivity contribution in [2.45, 2.75) is 13.8 Å². The Morgan fingerprint density at radius 2 is 1.95 bits per heavy atom. The zero-order valence-electron chi connectivity index (χ0n) is 11.7. The van der Waals surface area contributed by atoms with Crippen LogP contribution in [0, 0.1) is 5.92 Å². The maximum atomic E-state index is 11.8. The molecule has 0 saturated heterocycles. The summed E-state index contributed by atoms with van der Waals surface area (Å²) >= 11 is 0. The van der Waals surface area contributed by atoms with Crippen LogP contribution in [0.25, 0.3) is 21.9 Å². The number of rotatable bonds is 4. The molecular weight excluding hydrogens is 272 g/mol. The number of fused-ring (bicyclic) bond motifs is 2. The van der Waals surface area contributed by atoms with E-state index >= 15 is 0 Å². The average molecular weight is 286 g/mol. The van der Waals surface area contributed by atoms with E-state index < -0.39 is 5.63 Å². The largest absolute Gasteiger partial charge is 0.484 e. The quantitative estimate of drug-likeness (QED) is 0.689. The van der Waals surface area contributed by atoms with Gasteiger partial charge < -0.3 is 13.6 Å². The van der Waals surface area contributed by atoms with E-state index in [1.54, 1.807) is 18.2 Å². The Balaban J connectivity index is 2.14. The van der Waals surface area contributed by atoms with Crippen molar-refractivity contribution in [1.82, 2.24) is 0 Å². The van der Waals surface area contributed by atoms with Crippen molar-refractivity contribution in [3.63, 3.8) is 0 Å². The van der Waals surface area contributed by atoms with Crippen LogP contribution < -0.4 is 10.4 Å². The Kier molecular flexibility index (Phi) is 3.25. The normalized spacial score (nSPS) is 11.4. The van der Waals surface area contributed by atoms with E-state index in [1.807, 2.05) is 13.8 Å². The number of carbonyl (C=O) groups excluding carboxylic acids is 1. The maximum absolute atomic E-state index is 11.8. The predicted octanol–water partition coefficient (Wildman–Crippen LogP) is 3.14. The van der Waals surface area contributed by atoms with E-state index in [2.05, 4.69) is 0 Å².